The molecular formula is C10H13N2O6-. The van der Waals surface area contributed by atoms with Crippen molar-refractivity contribution in [1.29, 1.82) is 0 Å². The molecule has 0 unspecified atom stereocenters. The van der Waals surface area contributed by atoms with Gasteiger partial charge in [0, 0.05) is 12.8 Å². The highest BCUT2D eigenvalue weighted by Crippen LogP contribution is 1.96. The lowest BCUT2D eigenvalue weighted by Gasteiger charge is -2.21. The highest BCUT2D eigenvalue weighted by Gasteiger charge is 2.21. The SMILES string of the molecule is C#C[C@@H](O)[C@H](NC(=O)CC[C@H]([NH3+])C(=O)[O-])C(=O)[O-]. The van der Waals surface area contributed by atoms with E-state index in [1.165, 1.54) is 0 Å². The molecule has 0 saturated carbocycles. The molecule has 0 aliphatic heterocycles. The zero-order valence-corrected chi connectivity index (χ0v) is 9.42. The summed E-state index contributed by atoms with van der Waals surface area (Å²) < 4.78 is 0. The first-order valence-electron chi connectivity index (χ1n) is 4.98. The van der Waals surface area contributed by atoms with E-state index < -0.39 is 36.0 Å². The third kappa shape index (κ3) is 5.29. The molecule has 0 aromatic rings. The summed E-state index contributed by atoms with van der Waals surface area (Å²) in [6.07, 6.45) is 2.67. The van der Waals surface area contributed by atoms with Crippen LogP contribution in [0.5, 0.6) is 0 Å². The van der Waals surface area contributed by atoms with Crippen molar-refractivity contribution in [1.82, 2.24) is 5.32 Å². The summed E-state index contributed by atoms with van der Waals surface area (Å²) in [5, 5.41) is 31.9. The van der Waals surface area contributed by atoms with Gasteiger partial charge in [0.1, 0.15) is 18.2 Å². The van der Waals surface area contributed by atoms with Crippen molar-refractivity contribution in [2.24, 2.45) is 0 Å². The normalized spacial score (nSPS) is 14.9. The molecule has 0 aromatic carbocycles. The van der Waals surface area contributed by atoms with Crippen molar-refractivity contribution in [3.63, 3.8) is 0 Å². The number of hydrogen-bond acceptors (Lipinski definition) is 6. The molecule has 0 aliphatic carbocycles. The van der Waals surface area contributed by atoms with E-state index in [2.05, 4.69) is 5.73 Å². The van der Waals surface area contributed by atoms with E-state index in [9.17, 15) is 24.6 Å². The van der Waals surface area contributed by atoms with Crippen molar-refractivity contribution >= 4 is 17.8 Å². The number of nitrogens with one attached hydrogen (secondary N) is 1. The Morgan fingerprint density at radius 1 is 1.33 bits per heavy atom. The largest absolute Gasteiger partial charge is 0.548 e. The van der Waals surface area contributed by atoms with Crippen LogP contribution in [0.1, 0.15) is 12.8 Å². The quantitative estimate of drug-likeness (QED) is 0.386. The van der Waals surface area contributed by atoms with Gasteiger partial charge in [0.25, 0.3) is 0 Å². The number of terminal acetylenes is 1. The van der Waals surface area contributed by atoms with Crippen LogP contribution in [0.3, 0.4) is 0 Å². The summed E-state index contributed by atoms with van der Waals surface area (Å²) in [6, 6.07) is -2.83. The monoisotopic (exact) mass is 257 g/mol. The van der Waals surface area contributed by atoms with Gasteiger partial charge >= 0.3 is 0 Å². The van der Waals surface area contributed by atoms with Gasteiger partial charge in [-0.3, -0.25) is 4.79 Å². The van der Waals surface area contributed by atoms with Crippen LogP contribution >= 0.6 is 0 Å². The average Bonchev–Trinajstić information content (AvgIpc) is 2.31. The Morgan fingerprint density at radius 3 is 2.28 bits per heavy atom. The summed E-state index contributed by atoms with van der Waals surface area (Å²) in [6.45, 7) is 0. The molecule has 100 valence electrons. The number of carbonyl (C=O) groups is 3. The maximum Gasteiger partial charge on any atom is 0.220 e. The Hall–Kier alpha value is -2.11. The number of aliphatic hydroxyl groups excluding tert-OH is 1. The van der Waals surface area contributed by atoms with Crippen LogP contribution in [0.15, 0.2) is 0 Å². The van der Waals surface area contributed by atoms with Gasteiger partial charge in [-0.05, 0) is 0 Å². The smallest absolute Gasteiger partial charge is 0.220 e. The van der Waals surface area contributed by atoms with Crippen LogP contribution in [0.2, 0.25) is 0 Å². The number of quaternary nitrogens is 1. The zero-order chi connectivity index (χ0) is 14.3. The van der Waals surface area contributed by atoms with Crippen LogP contribution in [0, 0.1) is 12.3 Å². The number of carboxylic acids is 2. The van der Waals surface area contributed by atoms with Gasteiger partial charge in [0.15, 0.2) is 0 Å². The molecule has 0 aromatic heterocycles. The highest BCUT2D eigenvalue weighted by atomic mass is 16.4. The molecule has 3 atom stereocenters. The number of amides is 1. The van der Waals surface area contributed by atoms with Gasteiger partial charge < -0.3 is 36.0 Å². The highest BCUT2D eigenvalue weighted by molar-refractivity contribution is 5.83. The van der Waals surface area contributed by atoms with Crippen molar-refractivity contribution < 1.29 is 35.4 Å². The number of aliphatic carboxylic acids is 2. The van der Waals surface area contributed by atoms with Crippen LogP contribution < -0.4 is 21.3 Å². The predicted molar refractivity (Wildman–Crippen MR) is 52.7 cm³/mol. The number of rotatable bonds is 7. The van der Waals surface area contributed by atoms with E-state index in [0.29, 0.717) is 0 Å². The van der Waals surface area contributed by atoms with E-state index >= 15 is 0 Å². The molecule has 0 fully saturated rings. The first-order chi connectivity index (χ1) is 8.29. The van der Waals surface area contributed by atoms with Gasteiger partial charge in [0.05, 0.1) is 11.9 Å². The van der Waals surface area contributed by atoms with Crippen molar-refractivity contribution in [3.05, 3.63) is 0 Å². The lowest BCUT2D eigenvalue weighted by Crippen LogP contribution is -2.68. The molecule has 0 aliphatic rings. The van der Waals surface area contributed by atoms with E-state index in [-0.39, 0.29) is 12.8 Å². The molecule has 0 spiro atoms. The first kappa shape index (κ1) is 15.9. The maximum absolute atomic E-state index is 11.3. The lowest BCUT2D eigenvalue weighted by molar-refractivity contribution is -0.438. The summed E-state index contributed by atoms with van der Waals surface area (Å²) in [5.41, 5.74) is 3.22. The second kappa shape index (κ2) is 7.26. The molecule has 5 N–H and O–H groups in total. The van der Waals surface area contributed by atoms with Crippen LogP contribution in [-0.2, 0) is 14.4 Å². The third-order valence-electron chi connectivity index (χ3n) is 2.11. The van der Waals surface area contributed by atoms with Crippen LogP contribution in [-0.4, -0.2) is 41.1 Å². The summed E-state index contributed by atoms with van der Waals surface area (Å²) in [5.74, 6) is -2.20. The standard InChI is InChI=1S/C10H14N2O6/c1-2-6(13)8(10(17)18)12-7(14)4-3-5(11)9(15)16/h1,5-6,8,13H,3-4,11H2,(H,12,14)(H,15,16)(H,17,18)/p-1/t5-,6+,8-/m0/s1. The number of hydrogen-bond donors (Lipinski definition) is 3. The van der Waals surface area contributed by atoms with Crippen molar-refractivity contribution in [3.8, 4) is 12.3 Å². The minimum atomic E-state index is -1.74. The average molecular weight is 257 g/mol. The molecule has 0 heterocycles. The van der Waals surface area contributed by atoms with Gasteiger partial charge in [0.2, 0.25) is 5.91 Å². The van der Waals surface area contributed by atoms with Crippen molar-refractivity contribution in [2.45, 2.75) is 31.0 Å². The Morgan fingerprint density at radius 2 is 1.89 bits per heavy atom. The Labute approximate surface area is 103 Å². The molecule has 0 rings (SSSR count). The number of carboxylic acid groups (broad SMARTS) is 2. The molecule has 0 bridgehead atoms. The third-order valence-corrected chi connectivity index (χ3v) is 2.11. The number of aliphatic hydroxyl groups is 1. The first-order valence-corrected chi connectivity index (χ1v) is 4.98. The molecule has 0 radical (unpaired) electrons. The van der Waals surface area contributed by atoms with Gasteiger partial charge in [-0.25, -0.2) is 0 Å². The molecule has 1 amide bonds. The van der Waals surface area contributed by atoms with E-state index in [1.54, 1.807) is 5.92 Å². The van der Waals surface area contributed by atoms with E-state index in [1.807, 2.05) is 5.32 Å². The fraction of sp³-hybridized carbons (Fsp3) is 0.500. The second-order valence-electron chi connectivity index (χ2n) is 3.53. The minimum absolute atomic E-state index is 0.125. The Bertz CT molecular complexity index is 375. The van der Waals surface area contributed by atoms with Crippen LogP contribution in [0.4, 0.5) is 0 Å². The van der Waals surface area contributed by atoms with Gasteiger partial charge in [-0.1, -0.05) is 5.92 Å². The fourth-order valence-electron chi connectivity index (χ4n) is 1.03. The summed E-state index contributed by atoms with van der Waals surface area (Å²) in [4.78, 5) is 32.2. The summed E-state index contributed by atoms with van der Waals surface area (Å²) in [7, 11) is 0. The molecular weight excluding hydrogens is 244 g/mol. The maximum atomic E-state index is 11.3. The Kier molecular flexibility index (Phi) is 6.41. The molecule has 18 heavy (non-hydrogen) atoms. The minimum Gasteiger partial charge on any atom is -0.548 e. The van der Waals surface area contributed by atoms with Crippen molar-refractivity contribution in [2.75, 3.05) is 0 Å². The van der Waals surface area contributed by atoms with Gasteiger partial charge in [-0.2, -0.15) is 0 Å². The summed E-state index contributed by atoms with van der Waals surface area (Å²) >= 11 is 0. The molecule has 8 nitrogen and oxygen atoms in total. The van der Waals surface area contributed by atoms with Crippen LogP contribution in [0.25, 0.3) is 0 Å². The fourth-order valence-corrected chi connectivity index (χ4v) is 1.03. The Balaban J connectivity index is 4.33. The molecule has 0 saturated heterocycles. The topological polar surface area (TPSA) is 157 Å². The predicted octanol–water partition coefficient (Wildman–Crippen LogP) is -5.64. The molecule has 8 heteroatoms. The lowest BCUT2D eigenvalue weighted by atomic mass is 10.1. The second-order valence-corrected chi connectivity index (χ2v) is 3.53. The van der Waals surface area contributed by atoms with E-state index in [4.69, 9.17) is 11.5 Å². The van der Waals surface area contributed by atoms with E-state index in [0.717, 1.165) is 0 Å². The van der Waals surface area contributed by atoms with Gasteiger partial charge in [-0.15, -0.1) is 6.42 Å². The number of carbonyl (C=O) groups excluding carboxylic acids is 3. The zero-order valence-electron chi connectivity index (χ0n) is 9.42.